The number of carbonyl (C=O) groups excluding carboxylic acids is 1. The Morgan fingerprint density at radius 1 is 0.968 bits per heavy atom. The van der Waals surface area contributed by atoms with Crippen LogP contribution in [0.1, 0.15) is 0 Å². The Morgan fingerprint density at radius 2 is 1.74 bits per heavy atom. The summed E-state index contributed by atoms with van der Waals surface area (Å²) < 4.78 is 12.5. The number of para-hydroxylation sites is 1. The Balaban J connectivity index is 1.36. The Bertz CT molecular complexity index is 1150. The zero-order valence-corrected chi connectivity index (χ0v) is 17.5. The van der Waals surface area contributed by atoms with Crippen LogP contribution in [0.25, 0.3) is 5.69 Å². The second-order valence-electron chi connectivity index (χ2n) is 6.35. The molecule has 31 heavy (non-hydrogen) atoms. The molecule has 8 nitrogen and oxygen atoms in total. The molecule has 4 rings (SSSR count). The maximum atomic E-state index is 12.4. The molecule has 9 heteroatoms. The third-order valence-corrected chi connectivity index (χ3v) is 5.11. The van der Waals surface area contributed by atoms with Gasteiger partial charge in [-0.1, -0.05) is 36.0 Å². The van der Waals surface area contributed by atoms with Gasteiger partial charge in [-0.3, -0.25) is 4.79 Å². The van der Waals surface area contributed by atoms with Crippen molar-refractivity contribution < 1.29 is 14.3 Å². The molecule has 4 aromatic rings. The van der Waals surface area contributed by atoms with Crippen molar-refractivity contribution in [3.8, 4) is 22.9 Å². The number of carbonyl (C=O) groups is 1. The van der Waals surface area contributed by atoms with E-state index in [1.165, 1.54) is 11.8 Å². The highest BCUT2D eigenvalue weighted by molar-refractivity contribution is 7.99. The topological polar surface area (TPSA) is 91.2 Å². The SMILES string of the molecule is COc1ccc(-n2nnnc2SCC(=O)Nc2cccc(Oc3ccccc3)c2)cc1. The second kappa shape index (κ2) is 9.77. The lowest BCUT2D eigenvalue weighted by atomic mass is 10.3. The van der Waals surface area contributed by atoms with Crippen LogP contribution in [0.4, 0.5) is 5.69 Å². The third-order valence-electron chi connectivity index (χ3n) is 4.19. The smallest absolute Gasteiger partial charge is 0.234 e. The highest BCUT2D eigenvalue weighted by Crippen LogP contribution is 2.24. The minimum absolute atomic E-state index is 0.153. The van der Waals surface area contributed by atoms with Crippen LogP contribution in [0.2, 0.25) is 0 Å². The van der Waals surface area contributed by atoms with Gasteiger partial charge in [0.15, 0.2) is 0 Å². The fraction of sp³-hybridized carbons (Fsp3) is 0.0909. The molecule has 0 aliphatic carbocycles. The van der Waals surface area contributed by atoms with Gasteiger partial charge in [-0.25, -0.2) is 0 Å². The van der Waals surface area contributed by atoms with Gasteiger partial charge in [0, 0.05) is 11.8 Å². The standard InChI is InChI=1S/C22H19N5O3S/c1-29-18-12-10-17(11-13-18)27-22(24-25-26-27)31-15-21(28)23-16-6-5-9-20(14-16)30-19-7-3-2-4-8-19/h2-14H,15H2,1H3,(H,23,28). The summed E-state index contributed by atoms with van der Waals surface area (Å²) >= 11 is 1.24. The van der Waals surface area contributed by atoms with Gasteiger partial charge < -0.3 is 14.8 Å². The molecule has 0 atom stereocenters. The predicted molar refractivity (Wildman–Crippen MR) is 118 cm³/mol. The number of tetrazole rings is 1. The number of aromatic nitrogens is 4. The van der Waals surface area contributed by atoms with Crippen LogP contribution in [0.15, 0.2) is 84.0 Å². The fourth-order valence-corrected chi connectivity index (χ4v) is 3.43. The number of amides is 1. The molecule has 0 bridgehead atoms. The van der Waals surface area contributed by atoms with E-state index in [0.29, 0.717) is 16.6 Å². The lowest BCUT2D eigenvalue weighted by molar-refractivity contribution is -0.113. The fourth-order valence-electron chi connectivity index (χ4n) is 2.74. The van der Waals surface area contributed by atoms with Gasteiger partial charge in [0.25, 0.3) is 0 Å². The summed E-state index contributed by atoms with van der Waals surface area (Å²) in [5.41, 5.74) is 1.42. The molecule has 0 saturated heterocycles. The third kappa shape index (κ3) is 5.40. The second-order valence-corrected chi connectivity index (χ2v) is 7.29. The number of anilines is 1. The first-order chi connectivity index (χ1) is 15.2. The zero-order valence-electron chi connectivity index (χ0n) is 16.6. The summed E-state index contributed by atoms with van der Waals surface area (Å²) in [5, 5.41) is 15.1. The molecule has 1 heterocycles. The normalized spacial score (nSPS) is 10.5. The van der Waals surface area contributed by atoms with Crippen LogP contribution in [-0.2, 0) is 4.79 Å². The van der Waals surface area contributed by atoms with Crippen molar-refractivity contribution in [3.05, 3.63) is 78.9 Å². The minimum Gasteiger partial charge on any atom is -0.497 e. The summed E-state index contributed by atoms with van der Waals surface area (Å²) in [7, 11) is 1.61. The van der Waals surface area contributed by atoms with E-state index in [4.69, 9.17) is 9.47 Å². The van der Waals surface area contributed by atoms with Crippen molar-refractivity contribution in [1.82, 2.24) is 20.2 Å². The highest BCUT2D eigenvalue weighted by atomic mass is 32.2. The van der Waals surface area contributed by atoms with Gasteiger partial charge in [0.2, 0.25) is 11.1 Å². The zero-order chi connectivity index (χ0) is 21.5. The molecule has 0 unspecified atom stereocenters. The maximum absolute atomic E-state index is 12.4. The summed E-state index contributed by atoms with van der Waals surface area (Å²) in [5.74, 6) is 2.09. The first-order valence-corrected chi connectivity index (χ1v) is 10.4. The molecule has 0 spiro atoms. The molecule has 1 aromatic heterocycles. The lowest BCUT2D eigenvalue weighted by Gasteiger charge is -2.09. The molecule has 1 N–H and O–H groups in total. The summed E-state index contributed by atoms with van der Waals surface area (Å²) in [6.07, 6.45) is 0. The number of benzene rings is 3. The van der Waals surface area contributed by atoms with Crippen molar-refractivity contribution >= 4 is 23.4 Å². The van der Waals surface area contributed by atoms with Crippen molar-refractivity contribution in [2.75, 3.05) is 18.2 Å². The Labute approximate surface area is 183 Å². The summed E-state index contributed by atoms with van der Waals surface area (Å²) in [6.45, 7) is 0. The first kappa shape index (κ1) is 20.4. The molecule has 0 radical (unpaired) electrons. The number of nitrogens with one attached hydrogen (secondary N) is 1. The van der Waals surface area contributed by atoms with Crippen LogP contribution in [0.3, 0.4) is 0 Å². The van der Waals surface area contributed by atoms with E-state index in [9.17, 15) is 4.79 Å². The Hall–Kier alpha value is -3.85. The molecular formula is C22H19N5O3S. The average molecular weight is 433 g/mol. The number of nitrogens with zero attached hydrogens (tertiary/aromatic N) is 4. The highest BCUT2D eigenvalue weighted by Gasteiger charge is 2.12. The van der Waals surface area contributed by atoms with Gasteiger partial charge in [0.05, 0.1) is 18.6 Å². The number of thioether (sulfide) groups is 1. The van der Waals surface area contributed by atoms with Crippen molar-refractivity contribution in [2.24, 2.45) is 0 Å². The minimum atomic E-state index is -0.175. The number of hydrogen-bond acceptors (Lipinski definition) is 7. The maximum Gasteiger partial charge on any atom is 0.234 e. The van der Waals surface area contributed by atoms with Crippen LogP contribution in [0, 0.1) is 0 Å². The van der Waals surface area contributed by atoms with E-state index in [1.807, 2.05) is 72.8 Å². The molecular weight excluding hydrogens is 414 g/mol. The molecule has 1 amide bonds. The van der Waals surface area contributed by atoms with Gasteiger partial charge in [0.1, 0.15) is 17.2 Å². The Kier molecular flexibility index (Phi) is 6.44. The van der Waals surface area contributed by atoms with E-state index in [-0.39, 0.29) is 11.7 Å². The monoisotopic (exact) mass is 433 g/mol. The van der Waals surface area contributed by atoms with E-state index in [1.54, 1.807) is 17.9 Å². The number of hydrogen-bond donors (Lipinski definition) is 1. The van der Waals surface area contributed by atoms with Crippen molar-refractivity contribution in [1.29, 1.82) is 0 Å². The molecule has 3 aromatic carbocycles. The van der Waals surface area contributed by atoms with E-state index >= 15 is 0 Å². The summed E-state index contributed by atoms with van der Waals surface area (Å²) in [6, 6.07) is 24.0. The largest absolute Gasteiger partial charge is 0.497 e. The molecule has 0 aliphatic heterocycles. The number of rotatable bonds is 8. The molecule has 0 aliphatic rings. The number of ether oxygens (including phenoxy) is 2. The molecule has 0 saturated carbocycles. The van der Waals surface area contributed by atoms with Gasteiger partial charge in [-0.2, -0.15) is 4.68 Å². The van der Waals surface area contributed by atoms with Crippen LogP contribution < -0.4 is 14.8 Å². The van der Waals surface area contributed by atoms with Crippen molar-refractivity contribution in [2.45, 2.75) is 5.16 Å². The van der Waals surface area contributed by atoms with Crippen LogP contribution in [-0.4, -0.2) is 39.0 Å². The average Bonchev–Trinajstić information content (AvgIpc) is 3.27. The number of methoxy groups -OCH3 is 1. The van der Waals surface area contributed by atoms with Crippen LogP contribution >= 0.6 is 11.8 Å². The van der Waals surface area contributed by atoms with Crippen LogP contribution in [0.5, 0.6) is 17.2 Å². The van der Waals surface area contributed by atoms with Gasteiger partial charge >= 0.3 is 0 Å². The quantitative estimate of drug-likeness (QED) is 0.417. The summed E-state index contributed by atoms with van der Waals surface area (Å²) in [4.78, 5) is 12.4. The van der Waals surface area contributed by atoms with Crippen molar-refractivity contribution in [3.63, 3.8) is 0 Å². The Morgan fingerprint density at radius 3 is 2.52 bits per heavy atom. The predicted octanol–water partition coefficient (Wildman–Crippen LogP) is 4.19. The first-order valence-electron chi connectivity index (χ1n) is 9.40. The molecule has 0 fully saturated rings. The molecule has 156 valence electrons. The van der Waals surface area contributed by atoms with E-state index in [2.05, 4.69) is 20.8 Å². The van der Waals surface area contributed by atoms with E-state index < -0.39 is 0 Å². The van der Waals surface area contributed by atoms with Gasteiger partial charge in [-0.05, 0) is 59.0 Å². The van der Waals surface area contributed by atoms with Gasteiger partial charge in [-0.15, -0.1) is 5.10 Å². The van der Waals surface area contributed by atoms with E-state index in [0.717, 1.165) is 17.2 Å². The lowest BCUT2D eigenvalue weighted by Crippen LogP contribution is -2.14.